The molecule has 2 heterocycles. The fourth-order valence-electron chi connectivity index (χ4n) is 3.21. The normalized spacial score (nSPS) is 21.7. The molecule has 0 radical (unpaired) electrons. The van der Waals surface area contributed by atoms with Gasteiger partial charge in [-0.15, -0.1) is 0 Å². The summed E-state index contributed by atoms with van der Waals surface area (Å²) in [5.74, 6) is -0.796. The second-order valence-corrected chi connectivity index (χ2v) is 7.96. The number of carbonyl (C=O) groups excluding carboxylic acids is 2. The number of hydrogen-bond acceptors (Lipinski definition) is 5. The molecule has 1 unspecified atom stereocenters. The Kier molecular flexibility index (Phi) is 4.84. The van der Waals surface area contributed by atoms with Gasteiger partial charge in [0.05, 0.1) is 4.47 Å². The molecule has 7 heteroatoms. The van der Waals surface area contributed by atoms with Crippen molar-refractivity contribution in [3.63, 3.8) is 0 Å². The summed E-state index contributed by atoms with van der Waals surface area (Å²) in [4.78, 5) is 36.3. The average molecular weight is 418 g/mol. The summed E-state index contributed by atoms with van der Waals surface area (Å²) in [6.45, 7) is 3.92. The van der Waals surface area contributed by atoms with E-state index in [1.54, 1.807) is 11.9 Å². The molecule has 1 aromatic heterocycles. The quantitative estimate of drug-likeness (QED) is 0.564. The number of nitrogens with zero attached hydrogens (tertiary/aromatic N) is 3. The molecule has 136 valence electrons. The number of ether oxygens (including phenoxy) is 1. The largest absolute Gasteiger partial charge is 0.460 e. The first-order chi connectivity index (χ1) is 12.3. The van der Waals surface area contributed by atoms with Crippen LogP contribution >= 0.6 is 15.9 Å². The molecule has 0 spiro atoms. The Labute approximate surface area is 160 Å². The Hall–Kier alpha value is -2.28. The molecular weight excluding hydrogens is 398 g/mol. The minimum absolute atomic E-state index is 0.0926. The summed E-state index contributed by atoms with van der Waals surface area (Å²) in [6, 6.07) is 9.36. The van der Waals surface area contributed by atoms with Crippen molar-refractivity contribution in [1.82, 2.24) is 14.9 Å². The standard InChI is InChI=1S/C19H20BrN3O3/c1-18(2)12-19(16(24)23(18)3,15-21-9-14(20)10-22-15)17(25)26-11-13-7-5-4-6-8-13/h4-10H,11-12H2,1-3H3. The molecule has 1 aromatic carbocycles. The second kappa shape index (κ2) is 6.79. The summed E-state index contributed by atoms with van der Waals surface area (Å²) in [5.41, 5.74) is -1.20. The molecule has 1 amide bonds. The lowest BCUT2D eigenvalue weighted by atomic mass is 9.80. The zero-order chi connectivity index (χ0) is 18.9. The highest BCUT2D eigenvalue weighted by Crippen LogP contribution is 2.43. The minimum Gasteiger partial charge on any atom is -0.460 e. The SMILES string of the molecule is CN1C(=O)C(C(=O)OCc2ccccc2)(c2ncc(Br)cn2)CC1(C)C. The number of esters is 1. The van der Waals surface area contributed by atoms with Crippen LogP contribution in [0.4, 0.5) is 0 Å². The molecule has 0 N–H and O–H groups in total. The van der Waals surface area contributed by atoms with E-state index >= 15 is 0 Å². The van der Waals surface area contributed by atoms with E-state index in [4.69, 9.17) is 4.74 Å². The third kappa shape index (κ3) is 3.11. The highest BCUT2D eigenvalue weighted by Gasteiger charge is 2.62. The van der Waals surface area contributed by atoms with Gasteiger partial charge in [-0.25, -0.2) is 9.97 Å². The van der Waals surface area contributed by atoms with E-state index in [1.165, 1.54) is 12.4 Å². The zero-order valence-electron chi connectivity index (χ0n) is 14.9. The van der Waals surface area contributed by atoms with Crippen molar-refractivity contribution >= 4 is 27.8 Å². The molecule has 3 rings (SSSR count). The topological polar surface area (TPSA) is 72.4 Å². The first kappa shape index (κ1) is 18.5. The number of halogens is 1. The number of rotatable bonds is 4. The van der Waals surface area contributed by atoms with Crippen LogP contribution in [0.1, 0.15) is 31.7 Å². The van der Waals surface area contributed by atoms with Crippen molar-refractivity contribution in [3.05, 3.63) is 58.6 Å². The maximum absolute atomic E-state index is 13.1. The first-order valence-electron chi connectivity index (χ1n) is 8.25. The van der Waals surface area contributed by atoms with Crippen LogP contribution in [0.25, 0.3) is 0 Å². The Balaban J connectivity index is 1.97. The molecule has 26 heavy (non-hydrogen) atoms. The summed E-state index contributed by atoms with van der Waals surface area (Å²) in [5, 5.41) is 0. The van der Waals surface area contributed by atoms with E-state index < -0.39 is 16.9 Å². The smallest absolute Gasteiger partial charge is 0.330 e. The van der Waals surface area contributed by atoms with Crippen LogP contribution in [0.2, 0.25) is 0 Å². The van der Waals surface area contributed by atoms with E-state index in [9.17, 15) is 9.59 Å². The Bertz CT molecular complexity index is 824. The van der Waals surface area contributed by atoms with Crippen molar-refractivity contribution in [1.29, 1.82) is 0 Å². The summed E-state index contributed by atoms with van der Waals surface area (Å²) in [7, 11) is 1.69. The molecule has 0 bridgehead atoms. The van der Waals surface area contributed by atoms with E-state index in [1.807, 2.05) is 44.2 Å². The summed E-state index contributed by atoms with van der Waals surface area (Å²) < 4.78 is 6.21. The summed E-state index contributed by atoms with van der Waals surface area (Å²) >= 11 is 3.28. The average Bonchev–Trinajstić information content (AvgIpc) is 2.82. The monoisotopic (exact) mass is 417 g/mol. The lowest BCUT2D eigenvalue weighted by Crippen LogP contribution is -2.46. The minimum atomic E-state index is -1.53. The second-order valence-electron chi connectivity index (χ2n) is 7.05. The highest BCUT2D eigenvalue weighted by atomic mass is 79.9. The van der Waals surface area contributed by atoms with Crippen LogP contribution in [0, 0.1) is 0 Å². The maximum atomic E-state index is 13.1. The van der Waals surface area contributed by atoms with E-state index in [2.05, 4.69) is 25.9 Å². The molecule has 0 saturated carbocycles. The van der Waals surface area contributed by atoms with Gasteiger partial charge in [-0.1, -0.05) is 30.3 Å². The molecule has 1 aliphatic heterocycles. The van der Waals surface area contributed by atoms with Crippen molar-refractivity contribution in [3.8, 4) is 0 Å². The number of benzene rings is 1. The van der Waals surface area contributed by atoms with Gasteiger partial charge in [-0.3, -0.25) is 9.59 Å². The number of hydrogen-bond donors (Lipinski definition) is 0. The number of likely N-dealkylation sites (N-methyl/N-ethyl adjacent to an activating group) is 1. The Morgan fingerprint density at radius 1 is 1.23 bits per heavy atom. The van der Waals surface area contributed by atoms with Crippen molar-refractivity contribution in [2.75, 3.05) is 7.05 Å². The fraction of sp³-hybridized carbons (Fsp3) is 0.368. The summed E-state index contributed by atoms with van der Waals surface area (Å²) in [6.07, 6.45) is 3.32. The van der Waals surface area contributed by atoms with Crippen LogP contribution in [0.5, 0.6) is 0 Å². The molecule has 1 saturated heterocycles. The predicted octanol–water partition coefficient (Wildman–Crippen LogP) is 2.86. The Morgan fingerprint density at radius 2 is 1.85 bits per heavy atom. The highest BCUT2D eigenvalue weighted by molar-refractivity contribution is 9.10. The molecule has 0 aliphatic carbocycles. The molecular formula is C19H20BrN3O3. The molecule has 1 fully saturated rings. The van der Waals surface area contributed by atoms with Gasteiger partial charge in [0.2, 0.25) is 11.3 Å². The van der Waals surface area contributed by atoms with E-state index in [0.717, 1.165) is 5.56 Å². The van der Waals surface area contributed by atoms with Gasteiger partial charge in [-0.05, 0) is 35.3 Å². The van der Waals surface area contributed by atoms with Gasteiger partial charge < -0.3 is 9.64 Å². The number of carbonyl (C=O) groups is 2. The maximum Gasteiger partial charge on any atom is 0.330 e. The van der Waals surface area contributed by atoms with Crippen molar-refractivity contribution in [2.24, 2.45) is 0 Å². The first-order valence-corrected chi connectivity index (χ1v) is 9.04. The van der Waals surface area contributed by atoms with Gasteiger partial charge in [-0.2, -0.15) is 0 Å². The molecule has 2 aromatic rings. The number of aromatic nitrogens is 2. The third-order valence-corrected chi connectivity index (χ3v) is 5.25. The molecule has 6 nitrogen and oxygen atoms in total. The zero-order valence-corrected chi connectivity index (χ0v) is 16.5. The molecule has 1 aliphatic rings. The fourth-order valence-corrected chi connectivity index (χ4v) is 3.41. The van der Waals surface area contributed by atoms with Crippen molar-refractivity contribution in [2.45, 2.75) is 37.8 Å². The van der Waals surface area contributed by atoms with Gasteiger partial charge in [0.1, 0.15) is 6.61 Å². The van der Waals surface area contributed by atoms with Crippen LogP contribution in [0.15, 0.2) is 47.2 Å². The third-order valence-electron chi connectivity index (χ3n) is 4.84. The van der Waals surface area contributed by atoms with Gasteiger partial charge in [0.15, 0.2) is 5.82 Å². The number of amides is 1. The van der Waals surface area contributed by atoms with Crippen LogP contribution in [-0.2, 0) is 26.3 Å². The van der Waals surface area contributed by atoms with Crippen LogP contribution in [-0.4, -0.2) is 39.3 Å². The van der Waals surface area contributed by atoms with Gasteiger partial charge in [0.25, 0.3) is 0 Å². The predicted molar refractivity (Wildman–Crippen MR) is 99.1 cm³/mol. The van der Waals surface area contributed by atoms with Crippen molar-refractivity contribution < 1.29 is 14.3 Å². The van der Waals surface area contributed by atoms with E-state index in [-0.39, 0.29) is 24.8 Å². The number of likely N-dealkylation sites (tertiary alicyclic amines) is 1. The van der Waals surface area contributed by atoms with Crippen LogP contribution in [0.3, 0.4) is 0 Å². The molecule has 1 atom stereocenters. The van der Waals surface area contributed by atoms with E-state index in [0.29, 0.717) is 4.47 Å². The van der Waals surface area contributed by atoms with Crippen LogP contribution < -0.4 is 0 Å². The Morgan fingerprint density at radius 3 is 2.38 bits per heavy atom. The lowest BCUT2D eigenvalue weighted by molar-refractivity contribution is -0.156. The lowest BCUT2D eigenvalue weighted by Gasteiger charge is -2.26. The van der Waals surface area contributed by atoms with Gasteiger partial charge in [0, 0.05) is 31.4 Å². The van der Waals surface area contributed by atoms with Gasteiger partial charge >= 0.3 is 5.97 Å².